The van der Waals surface area contributed by atoms with Crippen molar-refractivity contribution in [3.8, 4) is 0 Å². The first-order valence-corrected chi connectivity index (χ1v) is 10.1. The van der Waals surface area contributed by atoms with E-state index < -0.39 is 0 Å². The maximum atomic E-state index is 11.3. The lowest BCUT2D eigenvalue weighted by atomic mass is 9.90. The van der Waals surface area contributed by atoms with Gasteiger partial charge in [0.2, 0.25) is 5.91 Å². The molecule has 23 heavy (non-hydrogen) atoms. The van der Waals surface area contributed by atoms with Crippen LogP contribution in [0.15, 0.2) is 0 Å². The van der Waals surface area contributed by atoms with Crippen LogP contribution in [0.1, 0.15) is 98.8 Å². The number of rotatable bonds is 14. The Morgan fingerprint density at radius 2 is 1.09 bits per heavy atom. The monoisotopic (exact) mass is 325 g/mol. The molecule has 0 fully saturated rings. The van der Waals surface area contributed by atoms with E-state index in [2.05, 4.69) is 39.9 Å². The van der Waals surface area contributed by atoms with Crippen LogP contribution in [0.3, 0.4) is 0 Å². The van der Waals surface area contributed by atoms with E-state index in [1.807, 2.05) is 0 Å². The molecule has 0 saturated carbocycles. The summed E-state index contributed by atoms with van der Waals surface area (Å²) in [6.07, 6.45) is 12.8. The molecule has 138 valence electrons. The normalized spacial score (nSPS) is 15.4. The Bertz CT molecular complexity index is 288. The topological polar surface area (TPSA) is 29.1 Å². The number of hydrogen-bond acceptors (Lipinski definition) is 1. The number of nitrogens with one attached hydrogen (secondary N) is 1. The van der Waals surface area contributed by atoms with Gasteiger partial charge >= 0.3 is 0 Å². The van der Waals surface area contributed by atoms with Gasteiger partial charge in [0.25, 0.3) is 0 Å². The molecule has 0 spiro atoms. The molecule has 0 aromatic heterocycles. The Kier molecular flexibility index (Phi) is 13.5. The van der Waals surface area contributed by atoms with Crippen LogP contribution in [-0.2, 0) is 4.79 Å². The highest BCUT2D eigenvalue weighted by Gasteiger charge is 2.10. The molecule has 0 rings (SSSR count). The fourth-order valence-corrected chi connectivity index (χ4v) is 3.31. The van der Waals surface area contributed by atoms with E-state index in [0.29, 0.717) is 12.3 Å². The van der Waals surface area contributed by atoms with Crippen molar-refractivity contribution in [2.24, 2.45) is 23.7 Å². The molecule has 0 radical (unpaired) electrons. The van der Waals surface area contributed by atoms with Crippen molar-refractivity contribution in [3.05, 3.63) is 0 Å². The Balaban J connectivity index is 3.56. The van der Waals surface area contributed by atoms with Gasteiger partial charge in [-0.25, -0.2) is 0 Å². The predicted octanol–water partition coefficient (Wildman–Crippen LogP) is 6.20. The van der Waals surface area contributed by atoms with Crippen molar-refractivity contribution in [2.75, 3.05) is 7.05 Å². The number of carbonyl (C=O) groups is 1. The van der Waals surface area contributed by atoms with Gasteiger partial charge in [0, 0.05) is 13.5 Å². The van der Waals surface area contributed by atoms with Gasteiger partial charge in [-0.1, -0.05) is 92.4 Å². The van der Waals surface area contributed by atoms with Crippen molar-refractivity contribution < 1.29 is 4.79 Å². The average Bonchev–Trinajstić information content (AvgIpc) is 2.46. The Labute approximate surface area is 146 Å². The lowest BCUT2D eigenvalue weighted by molar-refractivity contribution is -0.121. The summed E-state index contributed by atoms with van der Waals surface area (Å²) in [6.45, 7) is 11.7. The molecule has 2 heteroatoms. The summed E-state index contributed by atoms with van der Waals surface area (Å²) < 4.78 is 0. The summed E-state index contributed by atoms with van der Waals surface area (Å²) in [7, 11) is 1.72. The molecule has 0 aromatic carbocycles. The van der Waals surface area contributed by atoms with Crippen LogP contribution in [0.5, 0.6) is 0 Å². The van der Waals surface area contributed by atoms with Gasteiger partial charge in [-0.2, -0.15) is 0 Å². The van der Waals surface area contributed by atoms with Gasteiger partial charge in [0.05, 0.1) is 0 Å². The summed E-state index contributed by atoms with van der Waals surface area (Å²) in [5.74, 6) is 3.28. The third-order valence-electron chi connectivity index (χ3n) is 5.08. The molecule has 0 aliphatic rings. The third kappa shape index (κ3) is 14.8. The summed E-state index contributed by atoms with van der Waals surface area (Å²) in [5.41, 5.74) is 0. The Hall–Kier alpha value is -0.530. The fraction of sp³-hybridized carbons (Fsp3) is 0.952. The molecule has 0 saturated heterocycles. The van der Waals surface area contributed by atoms with E-state index in [0.717, 1.165) is 17.8 Å². The Morgan fingerprint density at radius 3 is 1.48 bits per heavy atom. The zero-order valence-electron chi connectivity index (χ0n) is 16.8. The molecule has 1 N–H and O–H groups in total. The van der Waals surface area contributed by atoms with Crippen LogP contribution >= 0.6 is 0 Å². The molecular formula is C21H43NO. The van der Waals surface area contributed by atoms with Crippen LogP contribution in [0, 0.1) is 23.7 Å². The molecule has 0 aliphatic carbocycles. The van der Waals surface area contributed by atoms with Crippen molar-refractivity contribution in [1.82, 2.24) is 5.32 Å². The highest BCUT2D eigenvalue weighted by molar-refractivity contribution is 5.75. The highest BCUT2D eigenvalue weighted by atomic mass is 16.1. The average molecular weight is 326 g/mol. The van der Waals surface area contributed by atoms with E-state index in [1.54, 1.807) is 7.05 Å². The van der Waals surface area contributed by atoms with Gasteiger partial charge in [0.1, 0.15) is 0 Å². The van der Waals surface area contributed by atoms with Crippen LogP contribution in [0.2, 0.25) is 0 Å². The van der Waals surface area contributed by atoms with Gasteiger partial charge in [-0.05, 0) is 23.7 Å². The zero-order valence-corrected chi connectivity index (χ0v) is 16.8. The van der Waals surface area contributed by atoms with Crippen LogP contribution in [-0.4, -0.2) is 13.0 Å². The van der Waals surface area contributed by atoms with Gasteiger partial charge < -0.3 is 5.32 Å². The van der Waals surface area contributed by atoms with Gasteiger partial charge in [0.15, 0.2) is 0 Å². The number of hydrogen-bond donors (Lipinski definition) is 1. The minimum absolute atomic E-state index is 0.178. The van der Waals surface area contributed by atoms with Crippen LogP contribution < -0.4 is 5.32 Å². The maximum absolute atomic E-state index is 11.3. The zero-order chi connectivity index (χ0) is 17.7. The summed E-state index contributed by atoms with van der Waals surface area (Å²) in [6, 6.07) is 0. The lowest BCUT2D eigenvalue weighted by Gasteiger charge is -2.16. The maximum Gasteiger partial charge on any atom is 0.220 e. The standard InChI is InChI=1S/C21H43NO/c1-17(2)10-7-11-18(3)12-8-13-19(4)14-9-15-20(5)16-21(23)22-6/h17-20H,7-16H2,1-6H3,(H,22,23). The molecular weight excluding hydrogens is 282 g/mol. The van der Waals surface area contributed by atoms with Gasteiger partial charge in [-0.3, -0.25) is 4.79 Å². The SMILES string of the molecule is CNC(=O)CC(C)CCCC(C)CCCC(C)CCCC(C)C. The quantitative estimate of drug-likeness (QED) is 0.405. The van der Waals surface area contributed by atoms with E-state index in [4.69, 9.17) is 0 Å². The molecule has 0 bridgehead atoms. The van der Waals surface area contributed by atoms with Crippen molar-refractivity contribution >= 4 is 5.91 Å². The first-order chi connectivity index (χ1) is 10.8. The van der Waals surface area contributed by atoms with E-state index in [9.17, 15) is 4.79 Å². The predicted molar refractivity (Wildman–Crippen MR) is 103 cm³/mol. The Morgan fingerprint density at radius 1 is 0.696 bits per heavy atom. The van der Waals surface area contributed by atoms with Crippen molar-refractivity contribution in [2.45, 2.75) is 98.8 Å². The number of amides is 1. The summed E-state index contributed by atoms with van der Waals surface area (Å²) in [4.78, 5) is 11.3. The molecule has 0 heterocycles. The third-order valence-corrected chi connectivity index (χ3v) is 5.08. The van der Waals surface area contributed by atoms with E-state index in [1.165, 1.54) is 57.8 Å². The van der Waals surface area contributed by atoms with E-state index in [-0.39, 0.29) is 5.91 Å². The molecule has 3 atom stereocenters. The first-order valence-electron chi connectivity index (χ1n) is 10.1. The molecule has 0 aliphatic heterocycles. The highest BCUT2D eigenvalue weighted by Crippen LogP contribution is 2.22. The largest absolute Gasteiger partial charge is 0.359 e. The second-order valence-electron chi connectivity index (χ2n) is 8.38. The van der Waals surface area contributed by atoms with Crippen LogP contribution in [0.25, 0.3) is 0 Å². The molecule has 3 unspecified atom stereocenters. The minimum atomic E-state index is 0.178. The second kappa shape index (κ2) is 13.9. The second-order valence-corrected chi connectivity index (χ2v) is 8.38. The fourth-order valence-electron chi connectivity index (χ4n) is 3.31. The van der Waals surface area contributed by atoms with Crippen molar-refractivity contribution in [1.29, 1.82) is 0 Å². The number of carbonyl (C=O) groups excluding carboxylic acids is 1. The smallest absolute Gasteiger partial charge is 0.220 e. The first kappa shape index (κ1) is 22.5. The summed E-state index contributed by atoms with van der Waals surface area (Å²) in [5, 5.41) is 2.72. The lowest BCUT2D eigenvalue weighted by Crippen LogP contribution is -2.20. The van der Waals surface area contributed by atoms with Gasteiger partial charge in [-0.15, -0.1) is 0 Å². The molecule has 2 nitrogen and oxygen atoms in total. The van der Waals surface area contributed by atoms with Crippen LogP contribution in [0.4, 0.5) is 0 Å². The van der Waals surface area contributed by atoms with Crippen molar-refractivity contribution in [3.63, 3.8) is 0 Å². The van der Waals surface area contributed by atoms with E-state index >= 15 is 0 Å². The summed E-state index contributed by atoms with van der Waals surface area (Å²) >= 11 is 0. The molecule has 0 aromatic rings. The molecule has 1 amide bonds. The minimum Gasteiger partial charge on any atom is -0.359 e.